The van der Waals surface area contributed by atoms with E-state index in [2.05, 4.69) is 6.92 Å². The van der Waals surface area contributed by atoms with Crippen LogP contribution in [0.4, 0.5) is 4.79 Å². The maximum absolute atomic E-state index is 12.4. The zero-order valence-electron chi connectivity index (χ0n) is 11.5. The molecule has 5 aliphatic carbocycles. The van der Waals surface area contributed by atoms with Crippen LogP contribution >= 0.6 is 0 Å². The standard InChI is InChI=1S/C14H19NO4/c1-13-5-9-7-4-8(13)10(14(9,13)11(16)18-2)15(6-7)12(17)19-3/h7-10H,4-6H2,1-3H3/t7-,8-,9+,10-,13+,14-/m1/s1. The molecule has 7 fully saturated rings. The Morgan fingerprint density at radius 1 is 1.21 bits per heavy atom. The van der Waals surface area contributed by atoms with E-state index >= 15 is 0 Å². The lowest BCUT2D eigenvalue weighted by Gasteiger charge is -2.86. The molecule has 5 nitrogen and oxygen atoms in total. The zero-order valence-corrected chi connectivity index (χ0v) is 11.5. The van der Waals surface area contributed by atoms with Crippen molar-refractivity contribution in [1.82, 2.24) is 4.90 Å². The molecule has 2 saturated heterocycles. The molecule has 0 radical (unpaired) electrons. The van der Waals surface area contributed by atoms with E-state index in [1.807, 2.05) is 0 Å². The number of esters is 1. The van der Waals surface area contributed by atoms with Gasteiger partial charge in [-0.3, -0.25) is 4.79 Å². The minimum absolute atomic E-state index is 0.00106. The maximum atomic E-state index is 12.4. The van der Waals surface area contributed by atoms with Gasteiger partial charge in [0.2, 0.25) is 0 Å². The number of nitrogens with zero attached hydrogens (tertiary/aromatic N) is 1. The fourth-order valence-electron chi connectivity index (χ4n) is 6.09. The van der Waals surface area contributed by atoms with Gasteiger partial charge < -0.3 is 14.4 Å². The van der Waals surface area contributed by atoms with E-state index in [9.17, 15) is 9.59 Å². The summed E-state index contributed by atoms with van der Waals surface area (Å²) in [6.45, 7) is 2.94. The summed E-state index contributed by atoms with van der Waals surface area (Å²) in [5.41, 5.74) is -0.402. The summed E-state index contributed by atoms with van der Waals surface area (Å²) < 4.78 is 9.98. The summed E-state index contributed by atoms with van der Waals surface area (Å²) in [7, 11) is 2.86. The second kappa shape index (κ2) is 3.07. The normalized spacial score (nSPS) is 52.1. The van der Waals surface area contributed by atoms with Crippen molar-refractivity contribution in [2.24, 2.45) is 28.6 Å². The van der Waals surface area contributed by atoms with E-state index in [1.54, 1.807) is 4.90 Å². The summed E-state index contributed by atoms with van der Waals surface area (Å²) in [6, 6.07) is 0.00106. The highest BCUT2D eigenvalue weighted by Crippen LogP contribution is 2.85. The van der Waals surface area contributed by atoms with E-state index in [-0.39, 0.29) is 23.5 Å². The van der Waals surface area contributed by atoms with Crippen molar-refractivity contribution in [3.63, 3.8) is 0 Å². The van der Waals surface area contributed by atoms with E-state index < -0.39 is 5.41 Å². The first-order chi connectivity index (χ1) is 9.02. The molecule has 2 heterocycles. The lowest BCUT2D eigenvalue weighted by molar-refractivity contribution is -0.377. The fraction of sp³-hybridized carbons (Fsp3) is 0.857. The molecule has 5 heteroatoms. The van der Waals surface area contributed by atoms with Gasteiger partial charge >= 0.3 is 12.1 Å². The number of hydrogen-bond acceptors (Lipinski definition) is 4. The Hall–Kier alpha value is -1.26. The maximum Gasteiger partial charge on any atom is 0.409 e. The topological polar surface area (TPSA) is 55.8 Å². The van der Waals surface area contributed by atoms with Crippen molar-refractivity contribution >= 4 is 12.1 Å². The Morgan fingerprint density at radius 2 is 1.95 bits per heavy atom. The lowest BCUT2D eigenvalue weighted by atomic mass is 9.20. The molecular weight excluding hydrogens is 246 g/mol. The molecule has 6 bridgehead atoms. The quantitative estimate of drug-likeness (QED) is 0.670. The average Bonchev–Trinajstić information content (AvgIpc) is 2.43. The van der Waals surface area contributed by atoms with Crippen LogP contribution in [0.5, 0.6) is 0 Å². The van der Waals surface area contributed by atoms with E-state index in [0.717, 1.165) is 19.4 Å². The highest BCUT2D eigenvalue weighted by atomic mass is 16.5. The van der Waals surface area contributed by atoms with Crippen LogP contribution in [-0.4, -0.2) is 43.8 Å². The van der Waals surface area contributed by atoms with Crippen LogP contribution in [-0.2, 0) is 14.3 Å². The van der Waals surface area contributed by atoms with Gasteiger partial charge in [-0.1, -0.05) is 6.92 Å². The number of methoxy groups -OCH3 is 2. The van der Waals surface area contributed by atoms with Crippen LogP contribution in [0, 0.1) is 28.6 Å². The van der Waals surface area contributed by atoms with E-state index in [4.69, 9.17) is 9.47 Å². The van der Waals surface area contributed by atoms with Crippen LogP contribution in [0.3, 0.4) is 0 Å². The lowest BCUT2D eigenvalue weighted by Crippen LogP contribution is -2.91. The van der Waals surface area contributed by atoms with Crippen molar-refractivity contribution in [2.45, 2.75) is 25.8 Å². The SMILES string of the molecule is COC(=O)N1C[C@H]2C[C@@H]3[C@@H]1[C@@]1(C(=O)OC)[C@H]2C[C@@]31C. The third-order valence-corrected chi connectivity index (χ3v) is 6.66. The zero-order chi connectivity index (χ0) is 13.6. The molecular formula is C14H19NO4. The summed E-state index contributed by atoms with van der Waals surface area (Å²) in [5.74, 6) is 1.16. The van der Waals surface area contributed by atoms with E-state index in [1.165, 1.54) is 14.2 Å². The van der Waals surface area contributed by atoms with Gasteiger partial charge in [-0.2, -0.15) is 0 Å². The number of fused-ring (bicyclic) bond motifs is 1. The van der Waals surface area contributed by atoms with Gasteiger partial charge in [0.05, 0.1) is 25.7 Å². The Bertz CT molecular complexity index is 492. The highest BCUT2D eigenvalue weighted by Gasteiger charge is 2.89. The number of amides is 1. The molecule has 0 aromatic heterocycles. The van der Waals surface area contributed by atoms with Gasteiger partial charge in [0.15, 0.2) is 0 Å². The van der Waals surface area contributed by atoms with Crippen molar-refractivity contribution < 1.29 is 19.1 Å². The first-order valence-electron chi connectivity index (χ1n) is 6.95. The summed E-state index contributed by atoms with van der Waals surface area (Å²) in [5, 5.41) is 0. The molecule has 2 aliphatic heterocycles. The second-order valence-corrected chi connectivity index (χ2v) is 6.76. The van der Waals surface area contributed by atoms with Gasteiger partial charge in [0.25, 0.3) is 0 Å². The second-order valence-electron chi connectivity index (χ2n) is 6.76. The molecule has 5 saturated carbocycles. The van der Waals surface area contributed by atoms with Crippen LogP contribution in [0.15, 0.2) is 0 Å². The van der Waals surface area contributed by atoms with Crippen LogP contribution < -0.4 is 0 Å². The van der Waals surface area contributed by atoms with Gasteiger partial charge in [-0.25, -0.2) is 4.79 Å². The Labute approximate surface area is 112 Å². The minimum Gasteiger partial charge on any atom is -0.469 e. The first kappa shape index (κ1) is 11.6. The third kappa shape index (κ3) is 0.868. The Balaban J connectivity index is 1.79. The molecule has 0 aromatic carbocycles. The summed E-state index contributed by atoms with van der Waals surface area (Å²) in [4.78, 5) is 26.2. The van der Waals surface area contributed by atoms with Crippen LogP contribution in [0.2, 0.25) is 0 Å². The summed E-state index contributed by atoms with van der Waals surface area (Å²) >= 11 is 0. The minimum atomic E-state index is -0.443. The third-order valence-electron chi connectivity index (χ3n) is 6.66. The molecule has 0 N–H and O–H groups in total. The number of carbonyl (C=O) groups is 2. The van der Waals surface area contributed by atoms with Crippen LogP contribution in [0.1, 0.15) is 19.8 Å². The van der Waals surface area contributed by atoms with Gasteiger partial charge in [-0.05, 0) is 36.0 Å². The summed E-state index contributed by atoms with van der Waals surface area (Å²) in [6.07, 6.45) is 1.97. The van der Waals surface area contributed by atoms with Crippen molar-refractivity contribution in [2.75, 3.05) is 20.8 Å². The van der Waals surface area contributed by atoms with Gasteiger partial charge in [0.1, 0.15) is 0 Å². The molecule has 1 amide bonds. The molecule has 19 heavy (non-hydrogen) atoms. The monoisotopic (exact) mass is 265 g/mol. The van der Waals surface area contributed by atoms with Crippen molar-refractivity contribution in [3.05, 3.63) is 0 Å². The number of ether oxygens (including phenoxy) is 2. The highest BCUT2D eigenvalue weighted by molar-refractivity contribution is 5.86. The predicted molar refractivity (Wildman–Crippen MR) is 65.2 cm³/mol. The smallest absolute Gasteiger partial charge is 0.409 e. The largest absolute Gasteiger partial charge is 0.469 e. The number of rotatable bonds is 1. The number of piperidine rings is 2. The van der Waals surface area contributed by atoms with Crippen molar-refractivity contribution in [3.8, 4) is 0 Å². The molecule has 0 unspecified atom stereocenters. The molecule has 6 atom stereocenters. The first-order valence-corrected chi connectivity index (χ1v) is 6.95. The number of carbonyl (C=O) groups excluding carboxylic acids is 2. The predicted octanol–water partition coefficient (Wildman–Crippen LogP) is 1.27. The Morgan fingerprint density at radius 3 is 2.58 bits per heavy atom. The molecule has 7 rings (SSSR count). The van der Waals surface area contributed by atoms with Crippen molar-refractivity contribution in [1.29, 1.82) is 0 Å². The molecule has 7 aliphatic rings. The average molecular weight is 265 g/mol. The van der Waals surface area contributed by atoms with Gasteiger partial charge in [-0.15, -0.1) is 0 Å². The van der Waals surface area contributed by atoms with E-state index in [0.29, 0.717) is 17.8 Å². The molecule has 0 aromatic rings. The molecule has 104 valence electrons. The van der Waals surface area contributed by atoms with Crippen LogP contribution in [0.25, 0.3) is 0 Å². The molecule has 0 spiro atoms. The Kier molecular flexibility index (Phi) is 1.87. The number of hydrogen-bond donors (Lipinski definition) is 0. The fourth-order valence-corrected chi connectivity index (χ4v) is 6.09. The van der Waals surface area contributed by atoms with Gasteiger partial charge in [0, 0.05) is 6.54 Å².